The Kier molecular flexibility index (Phi) is 21.8. The Hall–Kier alpha value is -0.0100. The van der Waals surface area contributed by atoms with Gasteiger partial charge in [0.25, 0.3) is 0 Å². The van der Waals surface area contributed by atoms with E-state index in [1.54, 1.807) is 0 Å². The molecule has 0 fully saturated rings. The van der Waals surface area contributed by atoms with E-state index in [1.165, 1.54) is 39.7 Å². The van der Waals surface area contributed by atoms with Crippen molar-refractivity contribution in [2.75, 3.05) is 0 Å². The van der Waals surface area contributed by atoms with Crippen molar-refractivity contribution in [3.63, 3.8) is 0 Å². The monoisotopic (exact) mass is 456 g/mol. The average Bonchev–Trinajstić information content (AvgIpc) is 3.13. The number of rotatable bonds is 0. The van der Waals surface area contributed by atoms with Gasteiger partial charge in [-0.25, -0.2) is 12.2 Å². The number of fused-ring (bicyclic) bond motifs is 1. The van der Waals surface area contributed by atoms with Gasteiger partial charge in [-0.15, -0.1) is 77.9 Å². The van der Waals surface area contributed by atoms with Gasteiger partial charge in [0.1, 0.15) is 0 Å². The number of hydrogen-bond donors (Lipinski definition) is 0. The Morgan fingerprint density at radius 1 is 1.08 bits per heavy atom. The molecular weight excluding hydrogens is 430 g/mol. The normalized spacial score (nSPS) is 10.4. The van der Waals surface area contributed by atoms with Gasteiger partial charge in [-0.05, 0) is 0 Å². The second-order valence-corrected chi connectivity index (χ2v) is 5.59. The van der Waals surface area contributed by atoms with Gasteiger partial charge in [0.15, 0.2) is 0 Å². The maximum atomic E-state index is 3.06. The summed E-state index contributed by atoms with van der Waals surface area (Å²) in [4.78, 5) is 0. The Morgan fingerprint density at radius 2 is 1.67 bits per heavy atom. The fourth-order valence-corrected chi connectivity index (χ4v) is 2.14. The van der Waals surface area contributed by atoms with Crippen LogP contribution in [0.15, 0.2) is 54.6 Å². The molecule has 0 N–H and O–H groups in total. The van der Waals surface area contributed by atoms with Crippen molar-refractivity contribution in [3.8, 4) is 0 Å². The maximum absolute atomic E-state index is 3.06. The van der Waals surface area contributed by atoms with Gasteiger partial charge in [-0.1, -0.05) is 32.3 Å². The molecule has 0 unspecified atom stereocenters. The molecular formula is C20H28Cl2SiZr-4. The molecule has 2 aromatic rings. The first kappa shape index (κ1) is 31.7. The number of allylic oxidation sites excluding steroid dienone is 4. The van der Waals surface area contributed by atoms with Crippen molar-refractivity contribution in [2.45, 2.75) is 32.6 Å². The van der Waals surface area contributed by atoms with Crippen LogP contribution in [0.25, 0.3) is 10.8 Å². The summed E-state index contributed by atoms with van der Waals surface area (Å²) >= 11 is 1.36. The summed E-state index contributed by atoms with van der Waals surface area (Å²) in [6.07, 6.45) is 10.0. The molecule has 0 atom stereocenters. The summed E-state index contributed by atoms with van der Waals surface area (Å²) in [5, 5.41) is 2.75. The summed E-state index contributed by atoms with van der Waals surface area (Å²) in [5.41, 5.74) is 1.70. The van der Waals surface area contributed by atoms with E-state index >= 15 is 0 Å². The molecule has 2 aromatic carbocycles. The SMILES string of the molecule is CC(C)(C)c1c[cH-]c2ccccc12.Cl.Cl.[C-]1=CC=CC1.[CH3-].[CH3-].[Si]=[Zr]. The molecule has 0 nitrogen and oxygen atoms in total. The quantitative estimate of drug-likeness (QED) is 0.311. The third-order valence-corrected chi connectivity index (χ3v) is 3.07. The Morgan fingerprint density at radius 3 is 2.08 bits per heavy atom. The first-order valence-electron chi connectivity index (χ1n) is 6.71. The van der Waals surface area contributed by atoms with E-state index < -0.39 is 0 Å². The van der Waals surface area contributed by atoms with Gasteiger partial charge >= 0.3 is 30.2 Å². The predicted octanol–water partition coefficient (Wildman–Crippen LogP) is 6.52. The molecule has 0 saturated heterocycles. The first-order chi connectivity index (χ1) is 9.59. The van der Waals surface area contributed by atoms with Crippen LogP contribution in [-0.2, 0) is 28.8 Å². The molecule has 1 aliphatic carbocycles. The van der Waals surface area contributed by atoms with Gasteiger partial charge in [0.05, 0.1) is 0 Å². The van der Waals surface area contributed by atoms with Crippen LogP contribution in [0.5, 0.6) is 0 Å². The van der Waals surface area contributed by atoms with Crippen molar-refractivity contribution in [2.24, 2.45) is 0 Å². The summed E-state index contributed by atoms with van der Waals surface area (Å²) in [6.45, 7) is 9.84. The molecule has 134 valence electrons. The molecule has 1 aliphatic rings. The molecule has 2 radical (unpaired) electrons. The van der Waals surface area contributed by atoms with Crippen molar-refractivity contribution in [3.05, 3.63) is 81.1 Å². The van der Waals surface area contributed by atoms with Crippen LogP contribution in [0.1, 0.15) is 32.8 Å². The van der Waals surface area contributed by atoms with Gasteiger partial charge in [0, 0.05) is 0 Å². The van der Waals surface area contributed by atoms with Crippen LogP contribution < -0.4 is 0 Å². The molecule has 0 saturated carbocycles. The van der Waals surface area contributed by atoms with E-state index in [-0.39, 0.29) is 45.1 Å². The van der Waals surface area contributed by atoms with E-state index in [0.29, 0.717) is 0 Å². The standard InChI is InChI=1S/C13H15.C5H5.2CH3.2ClH.Si.Zr/c1-13(2,3)12-9-8-10-6-4-5-7-11(10)12;1-2-4-5-3-1;;;;;;/h4-9H,1-3H3;1-3H,4H2;2*1H3;2*1H;;/q4*-1;;;;. The Labute approximate surface area is 178 Å². The van der Waals surface area contributed by atoms with Crippen LogP contribution in [0, 0.1) is 20.9 Å². The minimum atomic E-state index is 0. The fourth-order valence-electron chi connectivity index (χ4n) is 2.14. The zero-order valence-electron chi connectivity index (χ0n) is 15.2. The van der Waals surface area contributed by atoms with Gasteiger partial charge in [-0.2, -0.15) is 6.08 Å². The molecule has 24 heavy (non-hydrogen) atoms. The number of hydrogen-bond acceptors (Lipinski definition) is 0. The van der Waals surface area contributed by atoms with Crippen LogP contribution in [0.2, 0.25) is 0 Å². The zero-order valence-corrected chi connectivity index (χ0v) is 20.3. The zero-order chi connectivity index (χ0) is 15.0. The van der Waals surface area contributed by atoms with Crippen LogP contribution in [0.3, 0.4) is 0 Å². The van der Waals surface area contributed by atoms with E-state index in [9.17, 15) is 0 Å². The second kappa shape index (κ2) is 16.5. The molecule has 0 heterocycles. The third kappa shape index (κ3) is 10.1. The van der Waals surface area contributed by atoms with Crippen molar-refractivity contribution < 1.29 is 23.3 Å². The van der Waals surface area contributed by atoms with E-state index in [1.807, 2.05) is 12.2 Å². The first-order valence-corrected chi connectivity index (χ1v) is 10.9. The van der Waals surface area contributed by atoms with E-state index in [0.717, 1.165) is 6.42 Å². The summed E-state index contributed by atoms with van der Waals surface area (Å²) in [6, 6.07) is 13.0. The van der Waals surface area contributed by atoms with Gasteiger partial charge < -0.3 is 14.9 Å². The Bertz CT molecular complexity index is 585. The fraction of sp³-hybridized carbons (Fsp3) is 0.250. The topological polar surface area (TPSA) is 0 Å². The molecule has 0 spiro atoms. The van der Waals surface area contributed by atoms with Crippen molar-refractivity contribution in [1.29, 1.82) is 0 Å². The number of benzene rings is 1. The molecule has 0 bridgehead atoms. The van der Waals surface area contributed by atoms with E-state index in [2.05, 4.69) is 76.2 Å². The van der Waals surface area contributed by atoms with Gasteiger partial charge in [0.2, 0.25) is 0 Å². The van der Waals surface area contributed by atoms with Crippen LogP contribution in [0.4, 0.5) is 0 Å². The number of halogens is 2. The van der Waals surface area contributed by atoms with Crippen LogP contribution in [-0.4, -0.2) is 6.88 Å². The van der Waals surface area contributed by atoms with Crippen molar-refractivity contribution >= 4 is 42.5 Å². The van der Waals surface area contributed by atoms with Crippen LogP contribution >= 0.6 is 24.8 Å². The third-order valence-electron chi connectivity index (χ3n) is 3.07. The predicted molar refractivity (Wildman–Crippen MR) is 113 cm³/mol. The molecule has 3 rings (SSSR count). The average molecular weight is 459 g/mol. The summed E-state index contributed by atoms with van der Waals surface area (Å²) < 4.78 is 0. The molecule has 0 aliphatic heterocycles. The Balaban J connectivity index is -0.000000158. The summed E-state index contributed by atoms with van der Waals surface area (Å²) in [7, 11) is 0. The summed E-state index contributed by atoms with van der Waals surface area (Å²) in [5.74, 6) is 0. The molecule has 0 amide bonds. The van der Waals surface area contributed by atoms with E-state index in [4.69, 9.17) is 0 Å². The van der Waals surface area contributed by atoms with Crippen molar-refractivity contribution in [1.82, 2.24) is 0 Å². The molecule has 4 heteroatoms. The second-order valence-electron chi connectivity index (χ2n) is 5.59. The minimum absolute atomic E-state index is 0. The molecule has 0 aromatic heterocycles. The van der Waals surface area contributed by atoms with Gasteiger partial charge in [-0.3, -0.25) is 6.08 Å².